The molecule has 3 rings (SSSR count). The Labute approximate surface area is 121 Å². The van der Waals surface area contributed by atoms with Crippen LogP contribution in [0.3, 0.4) is 0 Å². The molecule has 0 aliphatic rings. The maximum Gasteiger partial charge on any atom is 0.125 e. The second kappa shape index (κ2) is 5.43. The van der Waals surface area contributed by atoms with Crippen molar-refractivity contribution in [3.8, 4) is 27.6 Å². The minimum absolute atomic E-state index is 0.842. The lowest BCUT2D eigenvalue weighted by atomic mass is 10.1. The summed E-state index contributed by atoms with van der Waals surface area (Å²) in [6, 6.07) is 9.94. The number of aryl methyl sites for hydroxylation is 1. The molecule has 0 bridgehead atoms. The first-order valence-electron chi connectivity index (χ1n) is 6.29. The standard InChI is InChI=1S/C16H14N2OS/c1-11-6-7-17-9-14(11)16-18-15(10-20-16)12-4-3-5-13(8-12)19-2/h3-10H,1-2H3. The monoisotopic (exact) mass is 282 g/mol. The molecule has 20 heavy (non-hydrogen) atoms. The molecule has 0 fully saturated rings. The van der Waals surface area contributed by atoms with E-state index in [0.29, 0.717) is 0 Å². The van der Waals surface area contributed by atoms with E-state index < -0.39 is 0 Å². The molecule has 0 spiro atoms. The van der Waals surface area contributed by atoms with Gasteiger partial charge in [0.15, 0.2) is 0 Å². The first-order valence-corrected chi connectivity index (χ1v) is 7.17. The van der Waals surface area contributed by atoms with Gasteiger partial charge >= 0.3 is 0 Å². The van der Waals surface area contributed by atoms with Crippen molar-refractivity contribution >= 4 is 11.3 Å². The zero-order chi connectivity index (χ0) is 13.9. The van der Waals surface area contributed by atoms with E-state index in [1.165, 1.54) is 5.56 Å². The van der Waals surface area contributed by atoms with E-state index in [1.54, 1.807) is 24.6 Å². The summed E-state index contributed by atoms with van der Waals surface area (Å²) in [5.41, 5.74) is 4.30. The Balaban J connectivity index is 2.00. The first kappa shape index (κ1) is 12.8. The molecule has 2 aromatic heterocycles. The number of rotatable bonds is 3. The molecule has 100 valence electrons. The van der Waals surface area contributed by atoms with Crippen molar-refractivity contribution in [1.82, 2.24) is 9.97 Å². The molecular weight excluding hydrogens is 268 g/mol. The third-order valence-corrected chi connectivity index (χ3v) is 4.01. The van der Waals surface area contributed by atoms with E-state index in [0.717, 1.165) is 27.6 Å². The van der Waals surface area contributed by atoms with E-state index in [2.05, 4.69) is 17.3 Å². The van der Waals surface area contributed by atoms with E-state index in [4.69, 9.17) is 9.72 Å². The second-order valence-corrected chi connectivity index (χ2v) is 5.32. The van der Waals surface area contributed by atoms with Gasteiger partial charge in [-0.2, -0.15) is 0 Å². The average Bonchev–Trinajstić information content (AvgIpc) is 2.97. The highest BCUT2D eigenvalue weighted by Crippen LogP contribution is 2.31. The fraction of sp³-hybridized carbons (Fsp3) is 0.125. The Hall–Kier alpha value is -2.20. The highest BCUT2D eigenvalue weighted by Gasteiger charge is 2.09. The maximum atomic E-state index is 5.25. The maximum absolute atomic E-state index is 5.25. The summed E-state index contributed by atoms with van der Waals surface area (Å²) in [4.78, 5) is 8.89. The summed E-state index contributed by atoms with van der Waals surface area (Å²) >= 11 is 1.63. The minimum atomic E-state index is 0.842. The summed E-state index contributed by atoms with van der Waals surface area (Å²) in [6.45, 7) is 2.07. The van der Waals surface area contributed by atoms with Gasteiger partial charge in [-0.1, -0.05) is 12.1 Å². The van der Waals surface area contributed by atoms with Crippen LogP contribution in [0.4, 0.5) is 0 Å². The molecule has 0 amide bonds. The van der Waals surface area contributed by atoms with Gasteiger partial charge in [-0.3, -0.25) is 4.98 Å². The van der Waals surface area contributed by atoms with Gasteiger partial charge in [0, 0.05) is 28.9 Å². The average molecular weight is 282 g/mol. The van der Waals surface area contributed by atoms with Crippen molar-refractivity contribution in [1.29, 1.82) is 0 Å². The Morgan fingerprint density at radius 2 is 2.10 bits per heavy atom. The molecule has 3 nitrogen and oxygen atoms in total. The number of benzene rings is 1. The molecule has 0 saturated heterocycles. The fourth-order valence-electron chi connectivity index (χ4n) is 2.00. The summed E-state index contributed by atoms with van der Waals surface area (Å²) in [5.74, 6) is 0.842. The second-order valence-electron chi connectivity index (χ2n) is 4.46. The van der Waals surface area contributed by atoms with Crippen molar-refractivity contribution in [2.45, 2.75) is 6.92 Å². The van der Waals surface area contributed by atoms with E-state index in [-0.39, 0.29) is 0 Å². The molecule has 3 aromatic rings. The molecule has 0 N–H and O–H groups in total. The number of ether oxygens (including phenoxy) is 1. The van der Waals surface area contributed by atoms with Gasteiger partial charge in [0.25, 0.3) is 0 Å². The fourth-order valence-corrected chi connectivity index (χ4v) is 2.90. The lowest BCUT2D eigenvalue weighted by Gasteiger charge is -2.02. The first-order chi connectivity index (χ1) is 9.78. The van der Waals surface area contributed by atoms with Crippen molar-refractivity contribution in [3.63, 3.8) is 0 Å². The van der Waals surface area contributed by atoms with Crippen LogP contribution >= 0.6 is 11.3 Å². The number of pyridine rings is 1. The lowest BCUT2D eigenvalue weighted by molar-refractivity contribution is 0.415. The molecular formula is C16H14N2OS. The molecule has 0 atom stereocenters. The van der Waals surface area contributed by atoms with Gasteiger partial charge in [0.1, 0.15) is 10.8 Å². The summed E-state index contributed by atoms with van der Waals surface area (Å²) < 4.78 is 5.25. The highest BCUT2D eigenvalue weighted by atomic mass is 32.1. The van der Waals surface area contributed by atoms with Gasteiger partial charge in [-0.15, -0.1) is 11.3 Å². The Kier molecular flexibility index (Phi) is 3.48. The van der Waals surface area contributed by atoms with Crippen LogP contribution in [0.5, 0.6) is 5.75 Å². The van der Waals surface area contributed by atoms with Gasteiger partial charge in [0.2, 0.25) is 0 Å². The molecule has 0 aliphatic carbocycles. The summed E-state index contributed by atoms with van der Waals surface area (Å²) in [5, 5.41) is 3.06. The van der Waals surface area contributed by atoms with Gasteiger partial charge in [-0.05, 0) is 30.7 Å². The van der Waals surface area contributed by atoms with Crippen molar-refractivity contribution in [2.24, 2.45) is 0 Å². The van der Waals surface area contributed by atoms with E-state index in [9.17, 15) is 0 Å². The van der Waals surface area contributed by atoms with Crippen LogP contribution in [0.2, 0.25) is 0 Å². The van der Waals surface area contributed by atoms with E-state index >= 15 is 0 Å². The van der Waals surface area contributed by atoms with Gasteiger partial charge in [-0.25, -0.2) is 4.98 Å². The number of hydrogen-bond acceptors (Lipinski definition) is 4. The highest BCUT2D eigenvalue weighted by molar-refractivity contribution is 7.13. The van der Waals surface area contributed by atoms with E-state index in [1.807, 2.05) is 36.5 Å². The predicted octanol–water partition coefficient (Wildman–Crippen LogP) is 4.19. The van der Waals surface area contributed by atoms with Crippen LogP contribution in [0.1, 0.15) is 5.56 Å². The topological polar surface area (TPSA) is 35.0 Å². The normalized spacial score (nSPS) is 10.5. The van der Waals surface area contributed by atoms with Crippen LogP contribution < -0.4 is 4.74 Å². The number of aromatic nitrogens is 2. The lowest BCUT2D eigenvalue weighted by Crippen LogP contribution is -1.86. The summed E-state index contributed by atoms with van der Waals surface area (Å²) in [6.07, 6.45) is 3.67. The van der Waals surface area contributed by atoms with Crippen molar-refractivity contribution < 1.29 is 4.74 Å². The number of thiazole rings is 1. The smallest absolute Gasteiger partial charge is 0.125 e. The van der Waals surface area contributed by atoms with Gasteiger partial charge < -0.3 is 4.74 Å². The number of hydrogen-bond donors (Lipinski definition) is 0. The molecule has 0 aliphatic heterocycles. The zero-order valence-corrected chi connectivity index (χ0v) is 12.1. The Bertz CT molecular complexity index is 737. The Morgan fingerprint density at radius 3 is 2.90 bits per heavy atom. The predicted molar refractivity (Wildman–Crippen MR) is 82.1 cm³/mol. The molecule has 2 heterocycles. The largest absolute Gasteiger partial charge is 0.497 e. The molecule has 1 aromatic carbocycles. The summed E-state index contributed by atoms with van der Waals surface area (Å²) in [7, 11) is 1.67. The van der Waals surface area contributed by atoms with Crippen LogP contribution in [0.15, 0.2) is 48.1 Å². The third-order valence-electron chi connectivity index (χ3n) is 3.14. The third kappa shape index (κ3) is 2.42. The van der Waals surface area contributed by atoms with Crippen LogP contribution in [-0.4, -0.2) is 17.1 Å². The molecule has 4 heteroatoms. The Morgan fingerprint density at radius 1 is 1.20 bits per heavy atom. The SMILES string of the molecule is COc1cccc(-c2csc(-c3cnccc3C)n2)c1. The zero-order valence-electron chi connectivity index (χ0n) is 11.3. The minimum Gasteiger partial charge on any atom is -0.497 e. The molecule has 0 unspecified atom stereocenters. The number of nitrogens with zero attached hydrogens (tertiary/aromatic N) is 2. The number of methoxy groups -OCH3 is 1. The van der Waals surface area contributed by atoms with Crippen molar-refractivity contribution in [3.05, 3.63) is 53.7 Å². The quantitative estimate of drug-likeness (QED) is 0.722. The van der Waals surface area contributed by atoms with Crippen LogP contribution in [0.25, 0.3) is 21.8 Å². The van der Waals surface area contributed by atoms with Crippen LogP contribution in [-0.2, 0) is 0 Å². The van der Waals surface area contributed by atoms with Crippen LogP contribution in [0, 0.1) is 6.92 Å². The van der Waals surface area contributed by atoms with Crippen molar-refractivity contribution in [2.75, 3.05) is 7.11 Å². The molecule has 0 saturated carbocycles. The molecule has 0 radical (unpaired) electrons. The van der Waals surface area contributed by atoms with Gasteiger partial charge in [0.05, 0.1) is 12.8 Å².